The molecule has 2 aromatic heterocycles. The minimum atomic E-state index is -0.121. The highest BCUT2D eigenvalue weighted by Crippen LogP contribution is 2.28. The van der Waals surface area contributed by atoms with Gasteiger partial charge in [-0.15, -0.1) is 0 Å². The molecule has 0 saturated carbocycles. The number of hydrogen-bond acceptors (Lipinski definition) is 4. The third-order valence-electron chi connectivity index (χ3n) is 5.78. The summed E-state index contributed by atoms with van der Waals surface area (Å²) in [4.78, 5) is 19.5. The Morgan fingerprint density at radius 1 is 1.18 bits per heavy atom. The molecule has 3 aliphatic heterocycles. The molecule has 2 bridgehead atoms. The van der Waals surface area contributed by atoms with Crippen LogP contribution in [0, 0.1) is 17.8 Å². The fraction of sp³-hybridized carbons (Fsp3) is 0.304. The van der Waals surface area contributed by atoms with Crippen LogP contribution in [0.3, 0.4) is 0 Å². The number of furan rings is 1. The first kappa shape index (κ1) is 17.0. The van der Waals surface area contributed by atoms with Crippen LogP contribution in [0.2, 0.25) is 0 Å². The number of nitrogens with zero attached hydrogens (tertiary/aromatic N) is 2. The smallest absolute Gasteiger partial charge is 0.270 e. The lowest BCUT2D eigenvalue weighted by Crippen LogP contribution is -2.57. The molecule has 5 heterocycles. The molecule has 3 aromatic rings. The standard InChI is InChI=1S/C23H21N3O2/c27-23(25-21-14-26-10-8-17(21)9-11-26)20-12-19-18(15-28-22(19)13-24-20)7-6-16-4-2-1-3-5-16/h1-5,12-13,15,17,21H,8-11,14H2,(H,25,27)/t21-/m0/s1. The Morgan fingerprint density at radius 3 is 2.75 bits per heavy atom. The topological polar surface area (TPSA) is 58.4 Å². The maximum absolute atomic E-state index is 12.8. The number of pyridine rings is 1. The third kappa shape index (κ3) is 3.28. The van der Waals surface area contributed by atoms with Crippen LogP contribution < -0.4 is 5.32 Å². The van der Waals surface area contributed by atoms with Gasteiger partial charge in [0.2, 0.25) is 0 Å². The highest BCUT2D eigenvalue weighted by molar-refractivity contribution is 5.97. The number of hydrogen-bond donors (Lipinski definition) is 1. The number of carbonyl (C=O) groups is 1. The van der Waals surface area contributed by atoms with Crippen molar-refractivity contribution in [1.82, 2.24) is 15.2 Å². The van der Waals surface area contributed by atoms with Crippen LogP contribution in [0.25, 0.3) is 11.0 Å². The van der Waals surface area contributed by atoms with Gasteiger partial charge in [0.15, 0.2) is 5.58 Å². The molecule has 3 fully saturated rings. The van der Waals surface area contributed by atoms with Crippen molar-refractivity contribution in [3.63, 3.8) is 0 Å². The predicted octanol–water partition coefficient (Wildman–Crippen LogP) is 3.05. The van der Waals surface area contributed by atoms with Gasteiger partial charge in [-0.1, -0.05) is 30.0 Å². The van der Waals surface area contributed by atoms with Crippen LogP contribution >= 0.6 is 0 Å². The van der Waals surface area contributed by atoms with E-state index in [0.717, 1.165) is 36.1 Å². The Hall–Kier alpha value is -3.10. The molecule has 5 nitrogen and oxygen atoms in total. The van der Waals surface area contributed by atoms with Gasteiger partial charge in [-0.05, 0) is 50.0 Å². The number of nitrogens with one attached hydrogen (secondary N) is 1. The molecule has 0 radical (unpaired) electrons. The summed E-state index contributed by atoms with van der Waals surface area (Å²) in [5.74, 6) is 6.74. The second-order valence-electron chi connectivity index (χ2n) is 7.55. The molecule has 1 atom stereocenters. The molecule has 5 heteroatoms. The van der Waals surface area contributed by atoms with Crippen molar-refractivity contribution < 1.29 is 9.21 Å². The fourth-order valence-corrected chi connectivity index (χ4v) is 4.19. The molecule has 0 spiro atoms. The van der Waals surface area contributed by atoms with E-state index in [4.69, 9.17) is 4.42 Å². The lowest BCUT2D eigenvalue weighted by atomic mass is 9.84. The molecule has 0 unspecified atom stereocenters. The van der Waals surface area contributed by atoms with Crippen molar-refractivity contribution in [2.75, 3.05) is 19.6 Å². The first-order valence-electron chi connectivity index (χ1n) is 9.74. The number of carbonyl (C=O) groups excluding carboxylic acids is 1. The van der Waals surface area contributed by atoms with Gasteiger partial charge in [0.25, 0.3) is 5.91 Å². The minimum absolute atomic E-state index is 0.121. The molecule has 1 aromatic carbocycles. The first-order valence-corrected chi connectivity index (χ1v) is 9.74. The maximum atomic E-state index is 12.8. The Bertz CT molecular complexity index is 1070. The van der Waals surface area contributed by atoms with Crippen LogP contribution in [0.15, 0.2) is 53.3 Å². The molecule has 28 heavy (non-hydrogen) atoms. The number of fused-ring (bicyclic) bond motifs is 4. The highest BCUT2D eigenvalue weighted by atomic mass is 16.3. The van der Waals surface area contributed by atoms with E-state index in [0.29, 0.717) is 17.2 Å². The van der Waals surface area contributed by atoms with Crippen LogP contribution in [-0.4, -0.2) is 41.5 Å². The zero-order valence-electron chi connectivity index (χ0n) is 15.5. The zero-order valence-corrected chi connectivity index (χ0v) is 15.5. The van der Waals surface area contributed by atoms with E-state index in [2.05, 4.69) is 27.0 Å². The highest BCUT2D eigenvalue weighted by Gasteiger charge is 2.35. The van der Waals surface area contributed by atoms with Crippen molar-refractivity contribution in [3.8, 4) is 11.8 Å². The van der Waals surface area contributed by atoms with Crippen LogP contribution in [0.1, 0.15) is 34.5 Å². The predicted molar refractivity (Wildman–Crippen MR) is 107 cm³/mol. The molecule has 3 saturated heterocycles. The average molecular weight is 371 g/mol. The normalized spacial score (nSPS) is 23.2. The van der Waals surface area contributed by atoms with Gasteiger partial charge in [-0.25, -0.2) is 4.98 Å². The lowest BCUT2D eigenvalue weighted by Gasteiger charge is -2.44. The van der Waals surface area contributed by atoms with Gasteiger partial charge < -0.3 is 14.6 Å². The van der Waals surface area contributed by atoms with Crippen molar-refractivity contribution in [2.24, 2.45) is 5.92 Å². The van der Waals surface area contributed by atoms with Gasteiger partial charge in [0.05, 0.1) is 11.8 Å². The van der Waals surface area contributed by atoms with Gasteiger partial charge in [0.1, 0.15) is 12.0 Å². The number of benzene rings is 1. The van der Waals surface area contributed by atoms with Crippen molar-refractivity contribution in [2.45, 2.75) is 18.9 Å². The van der Waals surface area contributed by atoms with E-state index in [1.165, 1.54) is 12.8 Å². The van der Waals surface area contributed by atoms with Crippen molar-refractivity contribution in [3.05, 3.63) is 65.7 Å². The van der Waals surface area contributed by atoms with E-state index in [1.54, 1.807) is 18.5 Å². The second-order valence-corrected chi connectivity index (χ2v) is 7.55. The largest absolute Gasteiger partial charge is 0.461 e. The molecule has 0 aliphatic carbocycles. The Labute approximate surface area is 163 Å². The average Bonchev–Trinajstić information content (AvgIpc) is 3.16. The van der Waals surface area contributed by atoms with Crippen molar-refractivity contribution in [1.29, 1.82) is 0 Å². The summed E-state index contributed by atoms with van der Waals surface area (Å²) in [6.07, 6.45) is 5.56. The maximum Gasteiger partial charge on any atom is 0.270 e. The quantitative estimate of drug-likeness (QED) is 0.704. The summed E-state index contributed by atoms with van der Waals surface area (Å²) in [6.45, 7) is 3.25. The molecule has 140 valence electrons. The lowest BCUT2D eigenvalue weighted by molar-refractivity contribution is 0.0618. The molecule has 1 amide bonds. The molecule has 6 rings (SSSR count). The third-order valence-corrected chi connectivity index (χ3v) is 5.78. The number of aromatic nitrogens is 1. The van der Waals surface area contributed by atoms with E-state index in [-0.39, 0.29) is 11.9 Å². The Balaban J connectivity index is 1.38. The first-order chi connectivity index (χ1) is 13.8. The summed E-state index contributed by atoms with van der Waals surface area (Å²) < 4.78 is 5.56. The van der Waals surface area contributed by atoms with Gasteiger partial charge in [0, 0.05) is 23.5 Å². The molecular formula is C23H21N3O2. The summed E-state index contributed by atoms with van der Waals surface area (Å²) in [6, 6.07) is 11.8. The van der Waals surface area contributed by atoms with Gasteiger partial charge in [-0.2, -0.15) is 0 Å². The summed E-state index contributed by atoms with van der Waals surface area (Å²) >= 11 is 0. The van der Waals surface area contributed by atoms with Crippen LogP contribution in [0.4, 0.5) is 0 Å². The monoisotopic (exact) mass is 371 g/mol. The van der Waals surface area contributed by atoms with Crippen LogP contribution in [-0.2, 0) is 0 Å². The number of rotatable bonds is 2. The van der Waals surface area contributed by atoms with E-state index in [9.17, 15) is 4.79 Å². The SMILES string of the molecule is O=C(N[C@H]1CN2CCC1CC2)c1cc2c(C#Cc3ccccc3)coc2cn1. The fourth-order valence-electron chi connectivity index (χ4n) is 4.19. The zero-order chi connectivity index (χ0) is 18.9. The van der Waals surface area contributed by atoms with E-state index < -0.39 is 0 Å². The second kappa shape index (κ2) is 7.14. The Kier molecular flexibility index (Phi) is 4.34. The van der Waals surface area contributed by atoms with Crippen molar-refractivity contribution >= 4 is 16.9 Å². The van der Waals surface area contributed by atoms with E-state index in [1.807, 2.05) is 30.3 Å². The number of amides is 1. The number of piperidine rings is 3. The van der Waals surface area contributed by atoms with Crippen LogP contribution in [0.5, 0.6) is 0 Å². The Morgan fingerprint density at radius 2 is 2.00 bits per heavy atom. The van der Waals surface area contributed by atoms with Gasteiger partial charge in [-0.3, -0.25) is 4.79 Å². The molecular weight excluding hydrogens is 350 g/mol. The molecule has 3 aliphatic rings. The molecule has 1 N–H and O–H groups in total. The minimum Gasteiger partial charge on any atom is -0.461 e. The summed E-state index contributed by atoms with van der Waals surface area (Å²) in [5, 5.41) is 4.01. The summed E-state index contributed by atoms with van der Waals surface area (Å²) in [7, 11) is 0. The van der Waals surface area contributed by atoms with E-state index >= 15 is 0 Å². The summed E-state index contributed by atoms with van der Waals surface area (Å²) in [5.41, 5.74) is 2.74. The van der Waals surface area contributed by atoms with Gasteiger partial charge >= 0.3 is 0 Å².